The van der Waals surface area contributed by atoms with E-state index < -0.39 is 6.10 Å². The normalized spacial score (nSPS) is 16.9. The number of ether oxygens (including phenoxy) is 1. The summed E-state index contributed by atoms with van der Waals surface area (Å²) in [4.78, 5) is 12.0. The summed E-state index contributed by atoms with van der Waals surface area (Å²) in [5.74, 6) is 1.18. The van der Waals surface area contributed by atoms with Crippen LogP contribution in [0, 0.1) is 5.92 Å². The van der Waals surface area contributed by atoms with Crippen LogP contribution in [0.3, 0.4) is 0 Å². The first kappa shape index (κ1) is 19.8. The quantitative estimate of drug-likeness (QED) is 0.836. The van der Waals surface area contributed by atoms with Crippen molar-refractivity contribution >= 4 is 18.3 Å². The molecule has 5 heteroatoms. The minimum Gasteiger partial charge on any atom is -0.481 e. The summed E-state index contributed by atoms with van der Waals surface area (Å²) in [5, 5.41) is 2.87. The van der Waals surface area contributed by atoms with E-state index in [1.165, 1.54) is 18.4 Å². The van der Waals surface area contributed by atoms with E-state index in [1.807, 2.05) is 24.3 Å². The van der Waals surface area contributed by atoms with Gasteiger partial charge in [-0.1, -0.05) is 32.9 Å². The van der Waals surface area contributed by atoms with Crippen molar-refractivity contribution in [3.05, 3.63) is 29.8 Å². The minimum atomic E-state index is -0.521. The van der Waals surface area contributed by atoms with Gasteiger partial charge in [0.25, 0.3) is 5.91 Å². The number of nitrogens with two attached hydrogens (primary N) is 1. The zero-order chi connectivity index (χ0) is 16.3. The van der Waals surface area contributed by atoms with Crippen LogP contribution in [-0.4, -0.2) is 24.6 Å². The van der Waals surface area contributed by atoms with Crippen molar-refractivity contribution in [2.45, 2.75) is 58.1 Å². The number of rotatable bonds is 6. The molecule has 1 amide bonds. The van der Waals surface area contributed by atoms with Gasteiger partial charge in [0.15, 0.2) is 6.10 Å². The predicted molar refractivity (Wildman–Crippen MR) is 96.2 cm³/mol. The molecule has 0 aliphatic heterocycles. The monoisotopic (exact) mass is 340 g/mol. The molecule has 1 saturated carbocycles. The Bertz CT molecular complexity index is 507. The van der Waals surface area contributed by atoms with Crippen LogP contribution in [-0.2, 0) is 10.2 Å². The molecule has 1 aliphatic rings. The summed E-state index contributed by atoms with van der Waals surface area (Å²) in [5.41, 5.74) is 7.34. The summed E-state index contributed by atoms with van der Waals surface area (Å²) in [6, 6.07) is 7.99. The van der Waals surface area contributed by atoms with Gasteiger partial charge in [0, 0.05) is 12.6 Å². The van der Waals surface area contributed by atoms with Crippen LogP contribution < -0.4 is 15.8 Å². The highest BCUT2D eigenvalue weighted by atomic mass is 35.5. The van der Waals surface area contributed by atoms with Crippen molar-refractivity contribution in [2.24, 2.45) is 11.7 Å². The molecule has 1 aromatic carbocycles. The van der Waals surface area contributed by atoms with Crippen LogP contribution in [0.25, 0.3) is 0 Å². The maximum Gasteiger partial charge on any atom is 0.260 e. The summed E-state index contributed by atoms with van der Waals surface area (Å²) in [6.07, 6.45) is 1.85. The van der Waals surface area contributed by atoms with Gasteiger partial charge in [0.2, 0.25) is 0 Å². The first-order valence-corrected chi connectivity index (χ1v) is 8.08. The number of amides is 1. The minimum absolute atomic E-state index is 0. The molecule has 2 atom stereocenters. The highest BCUT2D eigenvalue weighted by molar-refractivity contribution is 5.85. The molecule has 0 spiro atoms. The number of benzene rings is 1. The molecular weight excluding hydrogens is 312 g/mol. The lowest BCUT2D eigenvalue weighted by molar-refractivity contribution is -0.127. The summed E-state index contributed by atoms with van der Waals surface area (Å²) in [7, 11) is 0. The number of carbonyl (C=O) groups excluding carboxylic acids is 1. The molecule has 2 unspecified atom stereocenters. The van der Waals surface area contributed by atoms with Crippen LogP contribution in [0.1, 0.15) is 46.1 Å². The number of hydrogen-bond donors (Lipinski definition) is 2. The fourth-order valence-electron chi connectivity index (χ4n) is 2.34. The lowest BCUT2D eigenvalue weighted by Gasteiger charge is -2.20. The molecular formula is C18H29ClN2O2. The second-order valence-electron chi connectivity index (χ2n) is 7.28. The lowest BCUT2D eigenvalue weighted by atomic mass is 9.87. The molecule has 3 N–H and O–H groups in total. The second kappa shape index (κ2) is 8.02. The summed E-state index contributed by atoms with van der Waals surface area (Å²) < 4.78 is 5.70. The van der Waals surface area contributed by atoms with Gasteiger partial charge < -0.3 is 15.8 Å². The Balaban J connectivity index is 0.00000264. The largest absolute Gasteiger partial charge is 0.481 e. The van der Waals surface area contributed by atoms with Crippen molar-refractivity contribution in [2.75, 3.05) is 6.54 Å². The van der Waals surface area contributed by atoms with Gasteiger partial charge in [-0.2, -0.15) is 0 Å². The van der Waals surface area contributed by atoms with Crippen molar-refractivity contribution in [3.63, 3.8) is 0 Å². The molecule has 1 aliphatic carbocycles. The third-order valence-electron chi connectivity index (χ3n) is 4.14. The second-order valence-corrected chi connectivity index (χ2v) is 7.28. The SMILES string of the molecule is CC(Oc1ccc(C(C)(C)C)cc1)C(=O)NCC(N)C1CC1.Cl. The van der Waals surface area contributed by atoms with E-state index in [2.05, 4.69) is 26.1 Å². The smallest absolute Gasteiger partial charge is 0.260 e. The number of nitrogens with one attached hydrogen (secondary N) is 1. The number of carbonyl (C=O) groups is 1. The van der Waals surface area contributed by atoms with Gasteiger partial charge >= 0.3 is 0 Å². The number of hydrogen-bond acceptors (Lipinski definition) is 3. The average molecular weight is 341 g/mol. The van der Waals surface area contributed by atoms with E-state index in [9.17, 15) is 4.79 Å². The highest BCUT2D eigenvalue weighted by Gasteiger charge is 2.29. The van der Waals surface area contributed by atoms with Crippen molar-refractivity contribution < 1.29 is 9.53 Å². The van der Waals surface area contributed by atoms with Crippen LogP contribution in [0.2, 0.25) is 0 Å². The van der Waals surface area contributed by atoms with Crippen molar-refractivity contribution in [1.29, 1.82) is 0 Å². The van der Waals surface area contributed by atoms with Crippen molar-refractivity contribution in [3.8, 4) is 5.75 Å². The summed E-state index contributed by atoms with van der Waals surface area (Å²) in [6.45, 7) is 8.79. The van der Waals surface area contributed by atoms with E-state index in [0.717, 1.165) is 0 Å². The van der Waals surface area contributed by atoms with Gasteiger partial charge in [0.05, 0.1) is 0 Å². The molecule has 0 aromatic heterocycles. The van der Waals surface area contributed by atoms with Crippen molar-refractivity contribution in [1.82, 2.24) is 5.32 Å². The molecule has 0 radical (unpaired) electrons. The van der Waals surface area contributed by atoms with E-state index >= 15 is 0 Å². The first-order chi connectivity index (χ1) is 10.3. The van der Waals surface area contributed by atoms with Crippen LogP contribution in [0.5, 0.6) is 5.75 Å². The van der Waals surface area contributed by atoms with Gasteiger partial charge in [-0.15, -0.1) is 12.4 Å². The van der Waals surface area contributed by atoms with E-state index in [-0.39, 0.29) is 29.8 Å². The Morgan fingerprint density at radius 3 is 2.35 bits per heavy atom. The highest BCUT2D eigenvalue weighted by Crippen LogP contribution is 2.31. The Labute approximate surface area is 145 Å². The zero-order valence-electron chi connectivity index (χ0n) is 14.5. The standard InChI is InChI=1S/C18H28N2O2.ClH/c1-12(17(21)20-11-16(19)13-5-6-13)22-15-9-7-14(8-10-15)18(2,3)4;/h7-10,12-13,16H,5-6,11,19H2,1-4H3,(H,20,21);1H. The number of halogens is 1. The molecule has 2 rings (SSSR count). The Hall–Kier alpha value is -1.26. The average Bonchev–Trinajstić information content (AvgIpc) is 3.28. The van der Waals surface area contributed by atoms with Gasteiger partial charge in [-0.3, -0.25) is 4.79 Å². The molecule has 23 heavy (non-hydrogen) atoms. The maximum absolute atomic E-state index is 12.0. The van der Waals surface area contributed by atoms with Crippen LogP contribution in [0.4, 0.5) is 0 Å². The summed E-state index contributed by atoms with van der Waals surface area (Å²) >= 11 is 0. The Morgan fingerprint density at radius 2 is 1.87 bits per heavy atom. The van der Waals surface area contributed by atoms with Crippen LogP contribution in [0.15, 0.2) is 24.3 Å². The van der Waals surface area contributed by atoms with Gasteiger partial charge in [-0.25, -0.2) is 0 Å². The molecule has 130 valence electrons. The first-order valence-electron chi connectivity index (χ1n) is 8.08. The van der Waals surface area contributed by atoms with Gasteiger partial charge in [0.1, 0.15) is 5.75 Å². The molecule has 4 nitrogen and oxygen atoms in total. The van der Waals surface area contributed by atoms with E-state index in [4.69, 9.17) is 10.5 Å². The molecule has 0 saturated heterocycles. The molecule has 1 fully saturated rings. The van der Waals surface area contributed by atoms with E-state index in [1.54, 1.807) is 6.92 Å². The Kier molecular flexibility index (Phi) is 6.90. The molecule has 0 heterocycles. The fourth-order valence-corrected chi connectivity index (χ4v) is 2.34. The van der Waals surface area contributed by atoms with Gasteiger partial charge in [-0.05, 0) is 48.8 Å². The lowest BCUT2D eigenvalue weighted by Crippen LogP contribution is -2.43. The Morgan fingerprint density at radius 1 is 1.30 bits per heavy atom. The van der Waals surface area contributed by atoms with E-state index in [0.29, 0.717) is 18.2 Å². The topological polar surface area (TPSA) is 64.3 Å². The zero-order valence-corrected chi connectivity index (χ0v) is 15.3. The molecule has 0 bridgehead atoms. The van der Waals surface area contributed by atoms with Crippen LogP contribution >= 0.6 is 12.4 Å². The predicted octanol–water partition coefficient (Wildman–Crippen LogP) is 3.03. The third-order valence-corrected chi connectivity index (χ3v) is 4.14. The third kappa shape index (κ3) is 6.04. The molecule has 1 aromatic rings. The fraction of sp³-hybridized carbons (Fsp3) is 0.611. The maximum atomic E-state index is 12.0.